The predicted molar refractivity (Wildman–Crippen MR) is 198 cm³/mol. The van der Waals surface area contributed by atoms with E-state index in [1.165, 1.54) is 55.8 Å². The van der Waals surface area contributed by atoms with Crippen LogP contribution in [0.1, 0.15) is 33.6 Å². The van der Waals surface area contributed by atoms with Crippen LogP contribution in [0.15, 0.2) is 66.9 Å². The Bertz CT molecular complexity index is 2040. The molecule has 15 nitrogen and oxygen atoms in total. The van der Waals surface area contributed by atoms with Crippen LogP contribution < -0.4 is 30.2 Å². The number of amides is 3. The van der Waals surface area contributed by atoms with Gasteiger partial charge < -0.3 is 44.0 Å². The van der Waals surface area contributed by atoms with E-state index < -0.39 is 42.6 Å². The fourth-order valence-electron chi connectivity index (χ4n) is 5.39. The third-order valence-electron chi connectivity index (χ3n) is 8.23. The third-order valence-corrected chi connectivity index (χ3v) is 10.2. The second kappa shape index (κ2) is 18.3. The first-order valence-corrected chi connectivity index (χ1v) is 19.2. The maximum Gasteiger partial charge on any atom is 0.426 e. The summed E-state index contributed by atoms with van der Waals surface area (Å²) in [7, 11) is -2.21. The average molecular weight is 786 g/mol. The van der Waals surface area contributed by atoms with Crippen molar-refractivity contribution in [2.75, 3.05) is 56.9 Å². The Morgan fingerprint density at radius 1 is 0.855 bits per heavy atom. The summed E-state index contributed by atoms with van der Waals surface area (Å²) in [5.74, 6) is -1.77. The smallest absolute Gasteiger partial charge is 0.426 e. The lowest BCUT2D eigenvalue weighted by Gasteiger charge is -2.25. The van der Waals surface area contributed by atoms with Crippen LogP contribution in [-0.4, -0.2) is 74.3 Å². The summed E-state index contributed by atoms with van der Waals surface area (Å²) in [5, 5.41) is 9.32. The van der Waals surface area contributed by atoms with E-state index in [0.29, 0.717) is 41.7 Å². The highest BCUT2D eigenvalue weighted by atomic mass is 31.2. The van der Waals surface area contributed by atoms with E-state index in [2.05, 4.69) is 20.9 Å². The highest BCUT2D eigenvalue weighted by molar-refractivity contribution is 7.53. The van der Waals surface area contributed by atoms with Gasteiger partial charge in [0.25, 0.3) is 0 Å². The van der Waals surface area contributed by atoms with Crippen molar-refractivity contribution in [3.05, 3.63) is 78.5 Å². The van der Waals surface area contributed by atoms with Crippen molar-refractivity contribution in [1.82, 2.24) is 15.4 Å². The fourth-order valence-corrected chi connectivity index (χ4v) is 7.00. The topological polar surface area (TPSA) is 176 Å². The van der Waals surface area contributed by atoms with Crippen molar-refractivity contribution in [3.8, 4) is 23.0 Å². The Balaban J connectivity index is 1.28. The monoisotopic (exact) mass is 785 g/mol. The first kappa shape index (κ1) is 40.8. The number of hydrogen-bond acceptors (Lipinski definition) is 12. The number of hydroxylamine groups is 2. The summed E-state index contributed by atoms with van der Waals surface area (Å²) in [6.07, 6.45) is 0.953. The van der Waals surface area contributed by atoms with E-state index in [9.17, 15) is 23.3 Å². The summed E-state index contributed by atoms with van der Waals surface area (Å²) >= 11 is 0. The van der Waals surface area contributed by atoms with E-state index in [1.54, 1.807) is 32.9 Å². The Morgan fingerprint density at radius 3 is 2.15 bits per heavy atom. The van der Waals surface area contributed by atoms with Crippen LogP contribution in [0.3, 0.4) is 0 Å². The first-order chi connectivity index (χ1) is 26.4. The Hall–Kier alpha value is -5.35. The van der Waals surface area contributed by atoms with Crippen LogP contribution in [0.25, 0.3) is 10.9 Å². The number of halogens is 2. The number of methoxy groups -OCH3 is 1. The number of carbonyl (C=O) groups excluding carboxylic acids is 3. The van der Waals surface area contributed by atoms with E-state index in [1.807, 2.05) is 0 Å². The second-order valence-corrected chi connectivity index (χ2v) is 14.1. The molecule has 3 N–H and O–H groups in total. The summed E-state index contributed by atoms with van der Waals surface area (Å²) in [4.78, 5) is 48.0. The van der Waals surface area contributed by atoms with Gasteiger partial charge in [0.05, 0.1) is 32.4 Å². The van der Waals surface area contributed by atoms with Gasteiger partial charge in [-0.25, -0.2) is 13.6 Å². The van der Waals surface area contributed by atoms with Crippen LogP contribution in [0.4, 0.5) is 25.0 Å². The summed E-state index contributed by atoms with van der Waals surface area (Å²) in [5.41, 5.74) is -0.437. The molecular weight excluding hydrogens is 743 g/mol. The molecule has 1 aromatic heterocycles. The van der Waals surface area contributed by atoms with Crippen molar-refractivity contribution in [1.29, 1.82) is 0 Å². The molecule has 1 aliphatic carbocycles. The van der Waals surface area contributed by atoms with Crippen LogP contribution in [-0.2, 0) is 28.0 Å². The minimum Gasteiger partial charge on any atom is -0.493 e. The maximum atomic E-state index is 15.4. The van der Waals surface area contributed by atoms with Crippen LogP contribution in [0.5, 0.6) is 23.0 Å². The molecule has 55 heavy (non-hydrogen) atoms. The van der Waals surface area contributed by atoms with E-state index in [4.69, 9.17) is 28.1 Å². The number of carbonyl (C=O) groups is 3. The molecule has 18 heteroatoms. The zero-order valence-electron chi connectivity index (χ0n) is 30.7. The summed E-state index contributed by atoms with van der Waals surface area (Å²) < 4.78 is 70.1. The van der Waals surface area contributed by atoms with Gasteiger partial charge in [0, 0.05) is 41.6 Å². The molecule has 1 saturated carbocycles. The Labute approximate surface area is 316 Å². The van der Waals surface area contributed by atoms with Gasteiger partial charge in [0.15, 0.2) is 23.1 Å². The minimum absolute atomic E-state index is 0.0486. The number of pyridine rings is 1. The Morgan fingerprint density at radius 2 is 1.53 bits per heavy atom. The van der Waals surface area contributed by atoms with Gasteiger partial charge in [-0.1, -0.05) is 0 Å². The normalized spacial score (nSPS) is 13.2. The molecule has 0 saturated heterocycles. The van der Waals surface area contributed by atoms with Gasteiger partial charge in [0.1, 0.15) is 29.9 Å². The molecule has 0 radical (unpaired) electrons. The average Bonchev–Trinajstić information content (AvgIpc) is 3.96. The number of anilines is 2. The molecule has 0 spiro atoms. The predicted octanol–water partition coefficient (Wildman–Crippen LogP) is 7.24. The molecule has 0 aliphatic heterocycles. The molecule has 294 valence electrons. The largest absolute Gasteiger partial charge is 0.493 e. The van der Waals surface area contributed by atoms with Gasteiger partial charge in [0.2, 0.25) is 11.8 Å². The fraction of sp³-hybridized carbons (Fsp3) is 0.351. The van der Waals surface area contributed by atoms with Crippen molar-refractivity contribution >= 4 is 47.8 Å². The highest BCUT2D eigenvalue weighted by Gasteiger charge is 2.56. The molecule has 0 bridgehead atoms. The maximum absolute atomic E-state index is 15.4. The number of fused-ring (bicyclic) bond motifs is 1. The molecule has 4 aromatic rings. The number of rotatable bonds is 19. The van der Waals surface area contributed by atoms with E-state index in [0.717, 1.165) is 11.1 Å². The van der Waals surface area contributed by atoms with Gasteiger partial charge >= 0.3 is 13.7 Å². The minimum atomic E-state index is -3.65. The van der Waals surface area contributed by atoms with Gasteiger partial charge in [-0.3, -0.25) is 19.1 Å². The molecule has 3 aromatic carbocycles. The second-order valence-electron chi connectivity index (χ2n) is 12.1. The van der Waals surface area contributed by atoms with Crippen LogP contribution in [0, 0.1) is 17.0 Å². The van der Waals surface area contributed by atoms with Crippen molar-refractivity contribution in [3.63, 3.8) is 0 Å². The SMILES string of the molecule is CCNC(=O)ON(CCOc1cc2c(Oc3ccc(NC(=O)C4(C(=O)Nc5ccc(F)cc5)CC4)cc3F)ccnc2cc1OC)CP(=O)(OCC)OCC. The Kier molecular flexibility index (Phi) is 13.6. The molecule has 1 aliphatic rings. The number of hydrogen-bond donors (Lipinski definition) is 3. The van der Waals surface area contributed by atoms with Crippen LogP contribution >= 0.6 is 7.60 Å². The van der Waals surface area contributed by atoms with Gasteiger partial charge in [-0.05, 0) is 82.1 Å². The summed E-state index contributed by atoms with van der Waals surface area (Å²) in [6, 6.07) is 13.8. The molecule has 1 fully saturated rings. The van der Waals surface area contributed by atoms with Crippen LogP contribution in [0.2, 0.25) is 0 Å². The molecule has 5 rings (SSSR count). The quantitative estimate of drug-likeness (QED) is 0.0495. The highest BCUT2D eigenvalue weighted by Crippen LogP contribution is 2.49. The zero-order valence-corrected chi connectivity index (χ0v) is 31.6. The number of benzene rings is 3. The number of ether oxygens (including phenoxy) is 3. The molecule has 3 amide bonds. The number of nitrogens with one attached hydrogen (secondary N) is 3. The molecule has 0 atom stereocenters. The lowest BCUT2D eigenvalue weighted by molar-refractivity contribution is -0.131. The number of aromatic nitrogens is 1. The van der Waals surface area contributed by atoms with Crippen molar-refractivity contribution in [2.45, 2.75) is 33.6 Å². The standard InChI is InChI=1S/C37H42F2N5O10P/c1-5-40-36(47)54-44(23-55(48,51-6-2)52-7-3)18-19-50-33-21-27-29(22-32(33)49-4)41-17-14-30(27)53-31-13-12-26(20-28(31)39)43-35(46)37(15-16-37)34(45)42-25-10-8-24(38)9-11-25/h8-14,17,20-22H,5-7,15-16,18-19,23H2,1-4H3,(H,40,47)(H,42,45)(H,43,46). The molecule has 0 unspecified atom stereocenters. The first-order valence-electron chi connectivity index (χ1n) is 17.5. The molecular formula is C37H42F2N5O10P. The van der Waals surface area contributed by atoms with Crippen molar-refractivity contribution < 1.29 is 55.8 Å². The lowest BCUT2D eigenvalue weighted by atomic mass is 10.0. The van der Waals surface area contributed by atoms with Gasteiger partial charge in [-0.15, -0.1) is 5.06 Å². The molecule has 1 heterocycles. The number of nitrogens with zero attached hydrogens (tertiary/aromatic N) is 2. The third kappa shape index (κ3) is 10.5. The summed E-state index contributed by atoms with van der Waals surface area (Å²) in [6.45, 7) is 5.45. The lowest BCUT2D eigenvalue weighted by Crippen LogP contribution is -2.37. The zero-order chi connectivity index (χ0) is 39.6. The van der Waals surface area contributed by atoms with Gasteiger partial charge in [-0.2, -0.15) is 0 Å². The van der Waals surface area contributed by atoms with E-state index in [-0.39, 0.29) is 55.6 Å². The van der Waals surface area contributed by atoms with E-state index >= 15 is 4.39 Å². The van der Waals surface area contributed by atoms with Crippen molar-refractivity contribution in [2.24, 2.45) is 5.41 Å².